The minimum absolute atomic E-state index is 0. The van der Waals surface area contributed by atoms with E-state index in [2.05, 4.69) is 66.5 Å². The lowest BCUT2D eigenvalue weighted by atomic mass is 9.97. The van der Waals surface area contributed by atoms with Gasteiger partial charge in [-0.15, -0.1) is 26.3 Å². The van der Waals surface area contributed by atoms with Crippen LogP contribution < -0.4 is 34.6 Å². The standard InChI is InChI=1S/C22H36N2O2.C20H32N2O2.2ClH/c1-6-11-12-13-14-15-20(21(25)23(16-7-2)17-8-3)22(26)24(18-9-4)19-10-5;1-6-11-12-13-18(19(23)21(14-7-2)15-8-3)20(24)22(16-9-4)17-10-5;;/h7-10,20H,2-6,11-19H2,1H3;7-10,18H,2-6,11-17H2,1H3;2*1H. The predicted octanol–water partition coefficient (Wildman–Crippen LogP) is -0.878. The molecule has 10 heteroatoms. The fraction of sp³-hybridized carbons (Fsp3) is 0.524. The molecule has 0 aromatic rings. The maximum Gasteiger partial charge on any atom is 0.329 e. The van der Waals surface area contributed by atoms with Crippen LogP contribution in [0.2, 0.25) is 0 Å². The Labute approximate surface area is 329 Å². The van der Waals surface area contributed by atoms with Crippen molar-refractivity contribution >= 4 is 23.6 Å². The van der Waals surface area contributed by atoms with E-state index in [1.54, 1.807) is 58.4 Å². The lowest BCUT2D eigenvalue weighted by Gasteiger charge is -2.29. The average Bonchev–Trinajstić information content (AvgIpc) is 3.10. The normalized spacial score (nSPS) is 10.1. The molecule has 296 valence electrons. The summed E-state index contributed by atoms with van der Waals surface area (Å²) in [6.07, 6.45) is 23.1. The van der Waals surface area contributed by atoms with Gasteiger partial charge in [-0.05, 0) is 37.1 Å². The lowest BCUT2D eigenvalue weighted by Crippen LogP contribution is -3.19. The number of rotatable bonds is 30. The molecule has 0 aliphatic heterocycles. The van der Waals surface area contributed by atoms with Gasteiger partial charge in [0.05, 0.1) is 0 Å². The third-order valence-electron chi connectivity index (χ3n) is 8.20. The highest BCUT2D eigenvalue weighted by Gasteiger charge is 2.39. The molecular formula is C42H70Cl2N4O4. The van der Waals surface area contributed by atoms with Gasteiger partial charge in [0.25, 0.3) is 0 Å². The van der Waals surface area contributed by atoms with Crippen molar-refractivity contribution in [3.8, 4) is 0 Å². The molecule has 0 atom stereocenters. The Morgan fingerprint density at radius 2 is 0.750 bits per heavy atom. The fourth-order valence-electron chi connectivity index (χ4n) is 5.62. The van der Waals surface area contributed by atoms with E-state index >= 15 is 0 Å². The number of nitrogens with zero attached hydrogens (tertiary/aromatic N) is 2. The van der Waals surface area contributed by atoms with Crippen molar-refractivity contribution in [3.05, 3.63) is 101 Å². The molecule has 0 aromatic carbocycles. The maximum atomic E-state index is 13.0. The maximum absolute atomic E-state index is 13.0. The van der Waals surface area contributed by atoms with Gasteiger partial charge in [0.2, 0.25) is 11.8 Å². The van der Waals surface area contributed by atoms with Crippen LogP contribution in [0.5, 0.6) is 0 Å². The van der Waals surface area contributed by atoms with Crippen LogP contribution in [0, 0.1) is 11.8 Å². The number of carbonyl (C=O) groups excluding carboxylic acids is 4. The summed E-state index contributed by atoms with van der Waals surface area (Å²) in [5, 5.41) is 0. The molecule has 0 rings (SSSR count). The molecule has 0 aliphatic carbocycles. The van der Waals surface area contributed by atoms with Gasteiger partial charge < -0.3 is 34.6 Å². The van der Waals surface area contributed by atoms with Crippen molar-refractivity contribution in [2.24, 2.45) is 11.8 Å². The number of carbonyl (C=O) groups is 4. The molecule has 0 unspecified atom stereocenters. The van der Waals surface area contributed by atoms with Crippen LogP contribution in [0.4, 0.5) is 0 Å². The van der Waals surface area contributed by atoms with Crippen LogP contribution in [0.3, 0.4) is 0 Å². The van der Waals surface area contributed by atoms with Crippen LogP contribution in [0.25, 0.3) is 0 Å². The monoisotopic (exact) mass is 764 g/mol. The largest absolute Gasteiger partial charge is 1.00 e. The van der Waals surface area contributed by atoms with Crippen LogP contribution in [-0.4, -0.2) is 85.8 Å². The van der Waals surface area contributed by atoms with Crippen LogP contribution in [0.15, 0.2) is 101 Å². The number of nitrogens with one attached hydrogen (secondary N) is 2. The van der Waals surface area contributed by atoms with E-state index in [1.807, 2.05) is 0 Å². The number of hydrogen-bond donors (Lipinski definition) is 2. The van der Waals surface area contributed by atoms with Gasteiger partial charge in [0.1, 0.15) is 32.1 Å². The summed E-state index contributed by atoms with van der Waals surface area (Å²) in [5.41, 5.74) is 0. The molecule has 2 N–H and O–H groups in total. The predicted molar refractivity (Wildman–Crippen MR) is 211 cm³/mol. The highest BCUT2D eigenvalue weighted by molar-refractivity contribution is 6.00. The third-order valence-corrected chi connectivity index (χ3v) is 8.20. The van der Waals surface area contributed by atoms with Gasteiger partial charge in [0.15, 0.2) is 5.92 Å². The Balaban J connectivity index is -0.000000428. The Morgan fingerprint density at radius 3 is 1.06 bits per heavy atom. The lowest BCUT2D eigenvalue weighted by molar-refractivity contribution is -0.819. The molecule has 0 spiro atoms. The Kier molecular flexibility index (Phi) is 39.9. The van der Waals surface area contributed by atoms with Crippen molar-refractivity contribution in [2.75, 3.05) is 52.4 Å². The third kappa shape index (κ3) is 23.3. The van der Waals surface area contributed by atoms with Gasteiger partial charge in [-0.1, -0.05) is 116 Å². The highest BCUT2D eigenvalue weighted by atomic mass is 35.5. The molecule has 0 fully saturated rings. The molecule has 0 bridgehead atoms. The number of amides is 4. The van der Waals surface area contributed by atoms with Crippen molar-refractivity contribution in [2.45, 2.75) is 78.1 Å². The zero-order chi connectivity index (χ0) is 38.2. The topological polar surface area (TPSA) is 83.6 Å². The molecule has 0 heterocycles. The zero-order valence-corrected chi connectivity index (χ0v) is 34.0. The summed E-state index contributed by atoms with van der Waals surface area (Å²) in [5.74, 6) is -1.67. The minimum Gasteiger partial charge on any atom is -1.00 e. The van der Waals surface area contributed by atoms with E-state index in [0.717, 1.165) is 38.5 Å². The van der Waals surface area contributed by atoms with Crippen molar-refractivity contribution in [1.29, 1.82) is 0 Å². The second kappa shape index (κ2) is 37.5. The molecule has 4 amide bonds. The number of halogens is 2. The van der Waals surface area contributed by atoms with Crippen LogP contribution in [-0.2, 0) is 19.2 Å². The molecule has 0 radical (unpaired) electrons. The molecule has 8 nitrogen and oxygen atoms in total. The van der Waals surface area contributed by atoms with Crippen molar-refractivity contribution in [1.82, 2.24) is 9.80 Å². The van der Waals surface area contributed by atoms with E-state index < -0.39 is 11.8 Å². The van der Waals surface area contributed by atoms with E-state index in [4.69, 9.17) is 0 Å². The summed E-state index contributed by atoms with van der Waals surface area (Å²) < 4.78 is 0. The number of quaternary nitrogens is 2. The van der Waals surface area contributed by atoms with Gasteiger partial charge in [0, 0.05) is 26.2 Å². The SMILES string of the molecule is C=CCN(CC=C)C(=O)C(CCCCCCC)C(=O)N(CC=C)CC=C.C=CC[NH+](CC=C)C(=O)C(CCCCC)C(=O)[NH+](CC=C)CC=C.[Cl-].[Cl-]. The fourth-order valence-corrected chi connectivity index (χ4v) is 5.62. The van der Waals surface area contributed by atoms with Gasteiger partial charge >= 0.3 is 11.8 Å². The Morgan fingerprint density at radius 1 is 0.462 bits per heavy atom. The smallest absolute Gasteiger partial charge is 0.329 e. The summed E-state index contributed by atoms with van der Waals surface area (Å²) in [6.45, 7) is 37.6. The highest BCUT2D eigenvalue weighted by Crippen LogP contribution is 2.18. The van der Waals surface area contributed by atoms with E-state index in [-0.39, 0.29) is 48.4 Å². The summed E-state index contributed by atoms with van der Waals surface area (Å²) in [4.78, 5) is 56.7. The molecule has 0 saturated carbocycles. The first-order valence-electron chi connectivity index (χ1n) is 18.4. The Hall–Kier alpha value is -3.30. The number of unbranched alkanes of at least 4 members (excludes halogenated alkanes) is 6. The quantitative estimate of drug-likeness (QED) is 0.0567. The van der Waals surface area contributed by atoms with E-state index in [1.165, 1.54) is 12.8 Å². The average molecular weight is 766 g/mol. The van der Waals surface area contributed by atoms with Crippen LogP contribution in [0.1, 0.15) is 78.1 Å². The van der Waals surface area contributed by atoms with Gasteiger partial charge in [-0.3, -0.25) is 19.4 Å². The van der Waals surface area contributed by atoms with Crippen molar-refractivity contribution in [3.63, 3.8) is 0 Å². The van der Waals surface area contributed by atoms with E-state index in [9.17, 15) is 19.2 Å². The number of hydrogen-bond acceptors (Lipinski definition) is 4. The van der Waals surface area contributed by atoms with Gasteiger partial charge in [-0.25, -0.2) is 9.59 Å². The molecule has 52 heavy (non-hydrogen) atoms. The minimum atomic E-state index is -0.670. The van der Waals surface area contributed by atoms with E-state index in [0.29, 0.717) is 75.0 Å². The molecule has 0 aliphatic rings. The first-order valence-corrected chi connectivity index (χ1v) is 18.4. The van der Waals surface area contributed by atoms with Crippen molar-refractivity contribution < 1.29 is 53.8 Å². The zero-order valence-electron chi connectivity index (χ0n) is 32.4. The second-order valence-corrected chi connectivity index (χ2v) is 12.4. The molecular weight excluding hydrogens is 695 g/mol. The summed E-state index contributed by atoms with van der Waals surface area (Å²) in [6, 6.07) is 0. The first kappa shape index (κ1) is 55.5. The molecule has 0 aromatic heterocycles. The second-order valence-electron chi connectivity index (χ2n) is 12.4. The Bertz CT molecular complexity index is 982. The summed E-state index contributed by atoms with van der Waals surface area (Å²) in [7, 11) is 0. The summed E-state index contributed by atoms with van der Waals surface area (Å²) >= 11 is 0. The van der Waals surface area contributed by atoms with Gasteiger partial charge in [-0.2, -0.15) is 0 Å². The first-order chi connectivity index (χ1) is 24.1. The molecule has 0 saturated heterocycles. The van der Waals surface area contributed by atoms with Crippen LogP contribution >= 0.6 is 0 Å².